The second-order valence-electron chi connectivity index (χ2n) is 6.98. The summed E-state index contributed by atoms with van der Waals surface area (Å²) < 4.78 is 0. The molecule has 2 rings (SSSR count). The Balaban J connectivity index is 1.89. The van der Waals surface area contributed by atoms with Gasteiger partial charge in [-0.15, -0.1) is 0 Å². The first-order valence-corrected chi connectivity index (χ1v) is 7.42. The Bertz CT molecular complexity index is 451. The van der Waals surface area contributed by atoms with Crippen molar-refractivity contribution in [1.29, 1.82) is 0 Å². The first-order chi connectivity index (χ1) is 9.35. The number of phenols is 1. The first-order valence-electron chi connectivity index (χ1n) is 7.42. The molecule has 1 fully saturated rings. The van der Waals surface area contributed by atoms with E-state index >= 15 is 0 Å². The molecule has 20 heavy (non-hydrogen) atoms. The third kappa shape index (κ3) is 3.99. The minimum absolute atomic E-state index is 0.0604. The van der Waals surface area contributed by atoms with E-state index in [9.17, 15) is 9.90 Å². The number of nitrogens with zero attached hydrogens (tertiary/aromatic N) is 1. The van der Waals surface area contributed by atoms with Crippen molar-refractivity contribution in [3.63, 3.8) is 0 Å². The lowest BCUT2D eigenvalue weighted by atomic mass is 9.88. The number of amides is 1. The summed E-state index contributed by atoms with van der Waals surface area (Å²) in [5.41, 5.74) is 1.33. The normalized spacial score (nSPS) is 17.2. The number of phenolic OH excluding ortho intramolecular Hbond substituents is 1. The Labute approximate surface area is 121 Å². The van der Waals surface area contributed by atoms with Crippen LogP contribution in [0.2, 0.25) is 0 Å². The molecule has 1 heterocycles. The minimum atomic E-state index is 0.0604. The molecule has 1 amide bonds. The summed E-state index contributed by atoms with van der Waals surface area (Å²) >= 11 is 0. The fourth-order valence-electron chi connectivity index (χ4n) is 2.77. The Morgan fingerprint density at radius 3 is 2.25 bits per heavy atom. The van der Waals surface area contributed by atoms with Gasteiger partial charge in [0.15, 0.2) is 0 Å². The average molecular weight is 275 g/mol. The van der Waals surface area contributed by atoms with Crippen molar-refractivity contribution in [2.75, 3.05) is 13.1 Å². The number of benzene rings is 1. The number of hydrogen-bond donors (Lipinski definition) is 1. The maximum atomic E-state index is 12.2. The van der Waals surface area contributed by atoms with Gasteiger partial charge in [0.1, 0.15) is 5.75 Å². The van der Waals surface area contributed by atoms with Crippen LogP contribution in [0.25, 0.3) is 0 Å². The molecule has 0 spiro atoms. The second kappa shape index (κ2) is 5.86. The highest BCUT2D eigenvalue weighted by molar-refractivity contribution is 5.76. The van der Waals surface area contributed by atoms with Crippen LogP contribution in [0.1, 0.15) is 51.5 Å². The van der Waals surface area contributed by atoms with Gasteiger partial charge in [-0.3, -0.25) is 4.79 Å². The van der Waals surface area contributed by atoms with Crippen LogP contribution >= 0.6 is 0 Å². The van der Waals surface area contributed by atoms with Crippen LogP contribution in [-0.2, 0) is 4.79 Å². The van der Waals surface area contributed by atoms with Crippen LogP contribution in [0.3, 0.4) is 0 Å². The predicted molar refractivity (Wildman–Crippen MR) is 80.7 cm³/mol. The van der Waals surface area contributed by atoms with E-state index in [2.05, 4.69) is 20.8 Å². The van der Waals surface area contributed by atoms with Gasteiger partial charge in [-0.2, -0.15) is 0 Å². The minimum Gasteiger partial charge on any atom is -0.508 e. The van der Waals surface area contributed by atoms with E-state index in [0.717, 1.165) is 25.9 Å². The average Bonchev–Trinajstić information content (AvgIpc) is 2.38. The van der Waals surface area contributed by atoms with Crippen LogP contribution in [0.15, 0.2) is 24.3 Å². The zero-order chi connectivity index (χ0) is 14.8. The van der Waals surface area contributed by atoms with E-state index < -0.39 is 0 Å². The van der Waals surface area contributed by atoms with Crippen molar-refractivity contribution >= 4 is 5.91 Å². The number of aromatic hydroxyl groups is 1. The molecule has 0 aliphatic carbocycles. The summed E-state index contributed by atoms with van der Waals surface area (Å²) in [6, 6.07) is 7.47. The van der Waals surface area contributed by atoms with Gasteiger partial charge in [-0.1, -0.05) is 32.9 Å². The molecule has 1 aromatic carbocycles. The fourth-order valence-corrected chi connectivity index (χ4v) is 2.77. The standard InChI is InChI=1S/C17H25NO2/c1-17(2,3)12-16(20)18-10-8-14(9-11-18)13-4-6-15(19)7-5-13/h4-7,14,19H,8-12H2,1-3H3. The Morgan fingerprint density at radius 1 is 1.20 bits per heavy atom. The van der Waals surface area contributed by atoms with Crippen LogP contribution in [0, 0.1) is 5.41 Å². The molecular formula is C17H25NO2. The van der Waals surface area contributed by atoms with E-state index in [-0.39, 0.29) is 11.3 Å². The number of rotatable bonds is 2. The van der Waals surface area contributed by atoms with Gasteiger partial charge in [0.05, 0.1) is 0 Å². The summed E-state index contributed by atoms with van der Waals surface area (Å²) in [4.78, 5) is 14.2. The topological polar surface area (TPSA) is 40.5 Å². The van der Waals surface area contributed by atoms with E-state index in [4.69, 9.17) is 0 Å². The van der Waals surface area contributed by atoms with Gasteiger partial charge >= 0.3 is 0 Å². The van der Waals surface area contributed by atoms with Crippen LogP contribution in [0.5, 0.6) is 5.75 Å². The smallest absolute Gasteiger partial charge is 0.223 e. The Morgan fingerprint density at radius 2 is 1.75 bits per heavy atom. The monoisotopic (exact) mass is 275 g/mol. The molecule has 110 valence electrons. The highest BCUT2D eigenvalue weighted by Crippen LogP contribution is 2.30. The molecule has 0 radical (unpaired) electrons. The van der Waals surface area contributed by atoms with E-state index in [1.807, 2.05) is 17.0 Å². The molecule has 1 saturated heterocycles. The van der Waals surface area contributed by atoms with Crippen LogP contribution < -0.4 is 0 Å². The maximum Gasteiger partial charge on any atom is 0.223 e. The Kier molecular flexibility index (Phi) is 4.36. The number of piperidine rings is 1. The molecule has 1 aliphatic heterocycles. The number of carbonyl (C=O) groups is 1. The summed E-state index contributed by atoms with van der Waals surface area (Å²) in [5, 5.41) is 9.33. The molecule has 1 aromatic rings. The van der Waals surface area contributed by atoms with Crippen molar-refractivity contribution in [3.8, 4) is 5.75 Å². The van der Waals surface area contributed by atoms with Crippen molar-refractivity contribution in [2.45, 2.75) is 46.0 Å². The third-order valence-electron chi connectivity index (χ3n) is 3.89. The molecule has 0 saturated carbocycles. The molecule has 0 atom stereocenters. The third-order valence-corrected chi connectivity index (χ3v) is 3.89. The maximum absolute atomic E-state index is 12.2. The van der Waals surface area contributed by atoms with Gasteiger partial charge in [-0.05, 0) is 41.9 Å². The van der Waals surface area contributed by atoms with E-state index in [1.54, 1.807) is 12.1 Å². The zero-order valence-corrected chi connectivity index (χ0v) is 12.7. The zero-order valence-electron chi connectivity index (χ0n) is 12.7. The highest BCUT2D eigenvalue weighted by atomic mass is 16.3. The summed E-state index contributed by atoms with van der Waals surface area (Å²) in [6.45, 7) is 8.01. The van der Waals surface area contributed by atoms with Crippen LogP contribution in [0.4, 0.5) is 0 Å². The highest BCUT2D eigenvalue weighted by Gasteiger charge is 2.26. The van der Waals surface area contributed by atoms with Gasteiger partial charge in [0.25, 0.3) is 0 Å². The molecule has 0 bridgehead atoms. The van der Waals surface area contributed by atoms with Gasteiger partial charge in [0.2, 0.25) is 5.91 Å². The summed E-state index contributed by atoms with van der Waals surface area (Å²) in [5.74, 6) is 1.10. The summed E-state index contributed by atoms with van der Waals surface area (Å²) in [7, 11) is 0. The van der Waals surface area contributed by atoms with Gasteiger partial charge < -0.3 is 10.0 Å². The first kappa shape index (κ1) is 14.9. The number of carbonyl (C=O) groups excluding carboxylic acids is 1. The largest absolute Gasteiger partial charge is 0.508 e. The van der Waals surface area contributed by atoms with Crippen molar-refractivity contribution in [3.05, 3.63) is 29.8 Å². The predicted octanol–water partition coefficient (Wildman–Crippen LogP) is 3.53. The molecule has 3 heteroatoms. The van der Waals surface area contributed by atoms with Crippen LogP contribution in [-0.4, -0.2) is 29.0 Å². The van der Waals surface area contributed by atoms with Crippen molar-refractivity contribution < 1.29 is 9.90 Å². The number of hydrogen-bond acceptors (Lipinski definition) is 2. The molecule has 1 N–H and O–H groups in total. The molecule has 3 nitrogen and oxygen atoms in total. The summed E-state index contributed by atoms with van der Waals surface area (Å²) in [6.07, 6.45) is 2.65. The Hall–Kier alpha value is -1.51. The van der Waals surface area contributed by atoms with E-state index in [1.165, 1.54) is 5.56 Å². The molecular weight excluding hydrogens is 250 g/mol. The quantitative estimate of drug-likeness (QED) is 0.897. The lowest BCUT2D eigenvalue weighted by Gasteiger charge is -2.34. The second-order valence-corrected chi connectivity index (χ2v) is 6.98. The molecule has 1 aliphatic rings. The van der Waals surface area contributed by atoms with Crippen molar-refractivity contribution in [2.24, 2.45) is 5.41 Å². The van der Waals surface area contributed by atoms with Gasteiger partial charge in [0, 0.05) is 19.5 Å². The van der Waals surface area contributed by atoms with Gasteiger partial charge in [-0.25, -0.2) is 0 Å². The van der Waals surface area contributed by atoms with E-state index in [0.29, 0.717) is 18.1 Å². The SMILES string of the molecule is CC(C)(C)CC(=O)N1CCC(c2ccc(O)cc2)CC1. The van der Waals surface area contributed by atoms with Crippen molar-refractivity contribution in [1.82, 2.24) is 4.90 Å². The molecule has 0 unspecified atom stereocenters. The lowest BCUT2D eigenvalue weighted by Crippen LogP contribution is -2.39. The fraction of sp³-hybridized carbons (Fsp3) is 0.588. The number of likely N-dealkylation sites (tertiary alicyclic amines) is 1. The lowest BCUT2D eigenvalue weighted by molar-refractivity contribution is -0.134. The molecule has 0 aromatic heterocycles.